The summed E-state index contributed by atoms with van der Waals surface area (Å²) in [6.07, 6.45) is 8.61. The van der Waals surface area contributed by atoms with Crippen molar-refractivity contribution in [3.63, 3.8) is 0 Å². The first-order valence-electron chi connectivity index (χ1n) is 3.52. The van der Waals surface area contributed by atoms with Gasteiger partial charge in [-0.3, -0.25) is 0 Å². The number of unbranched alkanes of at least 4 members (excludes halogenated alkanes) is 4. The van der Waals surface area contributed by atoms with E-state index in [1.54, 1.807) is 0 Å². The Kier molecular flexibility index (Phi) is 15.0. The Morgan fingerprint density at radius 2 is 1.89 bits per heavy atom. The molecule has 0 aromatic rings. The molecule has 0 fully saturated rings. The second-order valence-corrected chi connectivity index (χ2v) is 2.14. The Labute approximate surface area is 70.9 Å². The van der Waals surface area contributed by atoms with Crippen molar-refractivity contribution in [2.75, 3.05) is 0 Å². The summed E-state index contributed by atoms with van der Waals surface area (Å²) >= 11 is 0. The molecule has 0 heterocycles. The van der Waals surface area contributed by atoms with Crippen molar-refractivity contribution < 1.29 is 0 Å². The van der Waals surface area contributed by atoms with Gasteiger partial charge in [-0.1, -0.05) is 32.3 Å². The van der Waals surface area contributed by atoms with Crippen molar-refractivity contribution in [2.45, 2.75) is 39.0 Å². The molecular formula is C8H17Li. The molecular weight excluding hydrogens is 103 g/mol. The summed E-state index contributed by atoms with van der Waals surface area (Å²) in [5.41, 5.74) is 0. The molecule has 0 radical (unpaired) electrons. The summed E-state index contributed by atoms with van der Waals surface area (Å²) in [4.78, 5) is 0. The van der Waals surface area contributed by atoms with E-state index in [2.05, 4.69) is 13.5 Å². The van der Waals surface area contributed by atoms with Crippen molar-refractivity contribution in [2.24, 2.45) is 0 Å². The zero-order valence-electron chi connectivity index (χ0n) is 5.82. The first-order valence-corrected chi connectivity index (χ1v) is 3.52. The van der Waals surface area contributed by atoms with Crippen molar-refractivity contribution in [1.82, 2.24) is 0 Å². The van der Waals surface area contributed by atoms with Crippen LogP contribution in [0.25, 0.3) is 0 Å². The van der Waals surface area contributed by atoms with Crippen molar-refractivity contribution in [1.29, 1.82) is 0 Å². The molecule has 1 heteroatoms. The third-order valence-corrected chi connectivity index (χ3v) is 1.26. The molecule has 0 atom stereocenters. The zero-order chi connectivity index (χ0) is 6.24. The summed E-state index contributed by atoms with van der Waals surface area (Å²) in [5.74, 6) is 0. The average molecular weight is 120 g/mol. The predicted molar refractivity (Wildman–Crippen MR) is 46.1 cm³/mol. The van der Waals surface area contributed by atoms with Gasteiger partial charge < -0.3 is 0 Å². The molecule has 0 unspecified atom stereocenters. The van der Waals surface area contributed by atoms with Crippen molar-refractivity contribution in [3.8, 4) is 0 Å². The molecule has 0 aromatic carbocycles. The first kappa shape index (κ1) is 12.1. The van der Waals surface area contributed by atoms with E-state index in [-0.39, 0.29) is 18.9 Å². The van der Waals surface area contributed by atoms with E-state index in [9.17, 15) is 0 Å². The average Bonchev–Trinajstić information content (AvgIpc) is 1.81. The van der Waals surface area contributed by atoms with Gasteiger partial charge in [0.1, 0.15) is 0 Å². The summed E-state index contributed by atoms with van der Waals surface area (Å²) in [5, 5.41) is 0. The Hall–Kier alpha value is 0.337. The van der Waals surface area contributed by atoms with Crippen LogP contribution in [0.1, 0.15) is 39.0 Å². The van der Waals surface area contributed by atoms with Crippen LogP contribution in [-0.2, 0) is 0 Å². The topological polar surface area (TPSA) is 0 Å². The summed E-state index contributed by atoms with van der Waals surface area (Å²) in [7, 11) is 0. The Bertz CT molecular complexity index is 50.5. The fraction of sp³-hybridized carbons (Fsp3) is 0.750. The maximum absolute atomic E-state index is 3.66. The van der Waals surface area contributed by atoms with Gasteiger partial charge in [-0.05, 0) is 12.8 Å². The molecule has 0 aliphatic heterocycles. The fourth-order valence-electron chi connectivity index (χ4n) is 0.715. The molecule has 50 valence electrons. The Morgan fingerprint density at radius 3 is 2.33 bits per heavy atom. The van der Waals surface area contributed by atoms with Gasteiger partial charge in [0, 0.05) is 0 Å². The predicted octanol–water partition coefficient (Wildman–Crippen LogP) is 2.49. The molecule has 0 nitrogen and oxygen atoms in total. The van der Waals surface area contributed by atoms with Gasteiger partial charge in [-0.25, -0.2) is 0 Å². The molecule has 0 aliphatic carbocycles. The number of allylic oxidation sites excluding steroid dienone is 1. The van der Waals surface area contributed by atoms with Crippen molar-refractivity contribution >= 4 is 18.9 Å². The minimum atomic E-state index is 0. The molecule has 0 saturated carbocycles. The zero-order valence-corrected chi connectivity index (χ0v) is 5.82. The first-order chi connectivity index (χ1) is 3.91. The number of hydrogen-bond acceptors (Lipinski definition) is 0. The second kappa shape index (κ2) is 11.2. The van der Waals surface area contributed by atoms with E-state index in [0.29, 0.717) is 0 Å². The van der Waals surface area contributed by atoms with Crippen LogP contribution >= 0.6 is 0 Å². The molecule has 0 aromatic heterocycles. The third kappa shape index (κ3) is 11.8. The van der Waals surface area contributed by atoms with Crippen LogP contribution in [0.3, 0.4) is 0 Å². The van der Waals surface area contributed by atoms with Gasteiger partial charge >= 0.3 is 18.9 Å². The third-order valence-electron chi connectivity index (χ3n) is 1.26. The van der Waals surface area contributed by atoms with Crippen LogP contribution in [0.5, 0.6) is 0 Å². The van der Waals surface area contributed by atoms with Crippen LogP contribution in [-0.4, -0.2) is 18.9 Å². The van der Waals surface area contributed by atoms with Crippen LogP contribution in [0.2, 0.25) is 0 Å². The Morgan fingerprint density at radius 1 is 1.22 bits per heavy atom. The molecule has 0 saturated heterocycles. The molecule has 9 heavy (non-hydrogen) atoms. The van der Waals surface area contributed by atoms with Gasteiger partial charge in [-0.2, -0.15) is 0 Å². The van der Waals surface area contributed by atoms with E-state index >= 15 is 0 Å². The monoisotopic (exact) mass is 120 g/mol. The van der Waals surface area contributed by atoms with Gasteiger partial charge in [0.25, 0.3) is 0 Å². The molecule has 0 bridgehead atoms. The molecule has 0 aliphatic rings. The van der Waals surface area contributed by atoms with E-state index in [1.165, 1.54) is 32.1 Å². The summed E-state index contributed by atoms with van der Waals surface area (Å²) in [6.45, 7) is 5.89. The molecule has 0 amide bonds. The Balaban J connectivity index is 0. The number of hydrogen-bond donors (Lipinski definition) is 0. The van der Waals surface area contributed by atoms with Gasteiger partial charge in [-0.15, -0.1) is 6.58 Å². The molecule has 0 rings (SSSR count). The molecule has 0 spiro atoms. The fourth-order valence-corrected chi connectivity index (χ4v) is 0.715. The van der Waals surface area contributed by atoms with Crippen LogP contribution < -0.4 is 0 Å². The van der Waals surface area contributed by atoms with Crippen molar-refractivity contribution in [3.05, 3.63) is 12.7 Å². The number of rotatable bonds is 5. The van der Waals surface area contributed by atoms with E-state index < -0.39 is 0 Å². The van der Waals surface area contributed by atoms with Gasteiger partial charge in [0.05, 0.1) is 0 Å². The summed E-state index contributed by atoms with van der Waals surface area (Å²) in [6, 6.07) is 0. The van der Waals surface area contributed by atoms with E-state index in [1.807, 2.05) is 6.08 Å². The van der Waals surface area contributed by atoms with Crippen LogP contribution in [0, 0.1) is 0 Å². The minimum absolute atomic E-state index is 0. The van der Waals surface area contributed by atoms with Gasteiger partial charge in [0.2, 0.25) is 0 Å². The summed E-state index contributed by atoms with van der Waals surface area (Å²) < 4.78 is 0. The van der Waals surface area contributed by atoms with E-state index in [4.69, 9.17) is 0 Å². The second-order valence-electron chi connectivity index (χ2n) is 2.14. The normalized spacial score (nSPS) is 8.11. The quantitative estimate of drug-likeness (QED) is 0.297. The van der Waals surface area contributed by atoms with E-state index in [0.717, 1.165) is 0 Å². The standard InChI is InChI=1S/C8H16.Li.H/c1-3-5-7-8-6-4-2;;/h3H,1,4-8H2,2H3;;. The molecule has 0 N–H and O–H groups in total. The van der Waals surface area contributed by atoms with Crippen LogP contribution in [0.15, 0.2) is 12.7 Å². The SMILES string of the molecule is C=CCCCCCC.[LiH]. The maximum atomic E-state index is 3.66. The van der Waals surface area contributed by atoms with Crippen LogP contribution in [0.4, 0.5) is 0 Å². The van der Waals surface area contributed by atoms with Gasteiger partial charge in [0.15, 0.2) is 0 Å².